The lowest BCUT2D eigenvalue weighted by Crippen LogP contribution is -2.49. The molecule has 2 aromatic rings. The summed E-state index contributed by atoms with van der Waals surface area (Å²) in [6.45, 7) is -0.268. The molecule has 0 radical (unpaired) electrons. The molecule has 0 fully saturated rings. The number of para-hydroxylation sites is 1. The van der Waals surface area contributed by atoms with Gasteiger partial charge in [-0.1, -0.05) is 28.1 Å². The van der Waals surface area contributed by atoms with Crippen molar-refractivity contribution in [3.63, 3.8) is 0 Å². The molecular formula is C16H13Br2N3O4S. The van der Waals surface area contributed by atoms with E-state index in [0.29, 0.717) is 10.2 Å². The molecule has 0 aromatic heterocycles. The van der Waals surface area contributed by atoms with Gasteiger partial charge in [0.1, 0.15) is 11.5 Å². The Hall–Kier alpha value is -2.17. The number of hydrogen-bond acceptors (Lipinski definition) is 5. The van der Waals surface area contributed by atoms with E-state index >= 15 is 0 Å². The Morgan fingerprint density at radius 3 is 2.54 bits per heavy atom. The number of ether oxygens (including phenoxy) is 1. The van der Waals surface area contributed by atoms with Crippen molar-refractivity contribution in [1.29, 1.82) is 0 Å². The highest BCUT2D eigenvalue weighted by molar-refractivity contribution is 9.11. The molecule has 0 aliphatic heterocycles. The fraction of sp³-hybridized carbons (Fsp3) is 0.0625. The third kappa shape index (κ3) is 5.97. The van der Waals surface area contributed by atoms with E-state index < -0.39 is 11.8 Å². The molecule has 0 aliphatic carbocycles. The molecule has 0 unspecified atom stereocenters. The summed E-state index contributed by atoms with van der Waals surface area (Å²) >= 11 is 11.6. The van der Waals surface area contributed by atoms with Crippen LogP contribution in [0.4, 0.5) is 0 Å². The number of carbonyl (C=O) groups is 2. The number of phenols is 1. The molecule has 7 nitrogen and oxygen atoms in total. The highest BCUT2D eigenvalue weighted by Gasteiger charge is 2.11. The van der Waals surface area contributed by atoms with Crippen LogP contribution in [-0.4, -0.2) is 28.6 Å². The molecule has 0 atom stereocenters. The van der Waals surface area contributed by atoms with Gasteiger partial charge in [-0.25, -0.2) is 0 Å². The average Bonchev–Trinajstić information content (AvgIpc) is 2.59. The number of halogens is 2. The van der Waals surface area contributed by atoms with E-state index in [2.05, 4.69) is 48.0 Å². The van der Waals surface area contributed by atoms with Crippen LogP contribution < -0.4 is 20.9 Å². The van der Waals surface area contributed by atoms with Crippen LogP contribution in [0.1, 0.15) is 10.4 Å². The van der Waals surface area contributed by atoms with E-state index in [0.717, 1.165) is 4.47 Å². The molecule has 0 heterocycles. The Morgan fingerprint density at radius 1 is 1.12 bits per heavy atom. The predicted octanol–water partition coefficient (Wildman–Crippen LogP) is 2.63. The summed E-state index contributed by atoms with van der Waals surface area (Å²) in [5.41, 5.74) is 4.72. The van der Waals surface area contributed by atoms with E-state index in [1.165, 1.54) is 12.1 Å². The van der Waals surface area contributed by atoms with E-state index in [1.807, 2.05) is 0 Å². The first-order valence-electron chi connectivity index (χ1n) is 7.13. The largest absolute Gasteiger partial charge is 0.507 e. The number of thiocarbonyl (C=S) groups is 1. The van der Waals surface area contributed by atoms with Gasteiger partial charge in [-0.3, -0.25) is 25.8 Å². The van der Waals surface area contributed by atoms with Crippen molar-refractivity contribution in [2.45, 2.75) is 0 Å². The molecule has 0 spiro atoms. The van der Waals surface area contributed by atoms with Crippen LogP contribution in [0.5, 0.6) is 11.5 Å². The van der Waals surface area contributed by atoms with E-state index in [-0.39, 0.29) is 23.0 Å². The molecular weight excluding hydrogens is 490 g/mol. The summed E-state index contributed by atoms with van der Waals surface area (Å²) in [6.07, 6.45) is 0. The third-order valence-corrected chi connectivity index (χ3v) is 4.26. The van der Waals surface area contributed by atoms with Crippen LogP contribution in [0, 0.1) is 0 Å². The number of aromatic hydroxyl groups is 1. The first kappa shape index (κ1) is 20.1. The van der Waals surface area contributed by atoms with Gasteiger partial charge in [0.05, 0.1) is 10.0 Å². The summed E-state index contributed by atoms with van der Waals surface area (Å²) < 4.78 is 6.94. The van der Waals surface area contributed by atoms with Crippen LogP contribution in [0.2, 0.25) is 0 Å². The fourth-order valence-corrected chi connectivity index (χ4v) is 3.10. The van der Waals surface area contributed by atoms with Gasteiger partial charge in [-0.2, -0.15) is 0 Å². The van der Waals surface area contributed by atoms with Crippen molar-refractivity contribution in [2.24, 2.45) is 0 Å². The molecule has 26 heavy (non-hydrogen) atoms. The van der Waals surface area contributed by atoms with Crippen molar-refractivity contribution in [2.75, 3.05) is 6.61 Å². The summed E-state index contributed by atoms with van der Waals surface area (Å²) in [6, 6.07) is 11.3. The van der Waals surface area contributed by atoms with Crippen LogP contribution >= 0.6 is 44.1 Å². The van der Waals surface area contributed by atoms with Crippen molar-refractivity contribution < 1.29 is 19.4 Å². The Bertz CT molecular complexity index is 848. The smallest absolute Gasteiger partial charge is 0.273 e. The second kappa shape index (κ2) is 9.51. The van der Waals surface area contributed by atoms with Gasteiger partial charge in [0.15, 0.2) is 11.7 Å². The number of carbonyl (C=O) groups excluding carboxylic acids is 2. The summed E-state index contributed by atoms with van der Waals surface area (Å²) in [4.78, 5) is 23.7. The van der Waals surface area contributed by atoms with Crippen LogP contribution in [0.3, 0.4) is 0 Å². The highest BCUT2D eigenvalue weighted by Crippen LogP contribution is 2.28. The molecule has 0 saturated carbocycles. The van der Waals surface area contributed by atoms with Crippen molar-refractivity contribution >= 4 is 61.0 Å². The zero-order valence-corrected chi connectivity index (χ0v) is 17.1. The third-order valence-electron chi connectivity index (χ3n) is 2.94. The van der Waals surface area contributed by atoms with Crippen molar-refractivity contribution in [1.82, 2.24) is 16.2 Å². The first-order chi connectivity index (χ1) is 12.4. The van der Waals surface area contributed by atoms with E-state index in [1.54, 1.807) is 30.3 Å². The van der Waals surface area contributed by atoms with Crippen LogP contribution in [0.25, 0.3) is 0 Å². The van der Waals surface area contributed by atoms with Crippen LogP contribution in [-0.2, 0) is 4.79 Å². The summed E-state index contributed by atoms with van der Waals surface area (Å²) in [5.74, 6) is -0.783. The van der Waals surface area contributed by atoms with Gasteiger partial charge < -0.3 is 9.84 Å². The standard InChI is InChI=1S/C16H13Br2N3O4S/c17-9-5-6-13(11(18)7-9)25-8-14(23)19-16(26)21-20-15(24)10-3-1-2-4-12(10)22/h1-7,22H,8H2,(H,20,24)(H2,19,21,23,26). The maximum Gasteiger partial charge on any atom is 0.273 e. The molecule has 10 heteroatoms. The number of hydrogen-bond donors (Lipinski definition) is 4. The topological polar surface area (TPSA) is 99.7 Å². The SMILES string of the molecule is O=C(COc1ccc(Br)cc1Br)NC(=S)NNC(=O)c1ccccc1O. The monoisotopic (exact) mass is 501 g/mol. The summed E-state index contributed by atoms with van der Waals surface area (Å²) in [5, 5.41) is 11.8. The quantitative estimate of drug-likeness (QED) is 0.379. The van der Waals surface area contributed by atoms with Gasteiger partial charge >= 0.3 is 0 Å². The number of hydrazine groups is 1. The zero-order valence-electron chi connectivity index (χ0n) is 13.1. The zero-order chi connectivity index (χ0) is 19.1. The molecule has 4 N–H and O–H groups in total. The van der Waals surface area contributed by atoms with Crippen molar-refractivity contribution in [3.8, 4) is 11.5 Å². The maximum atomic E-state index is 11.9. The minimum Gasteiger partial charge on any atom is -0.507 e. The molecule has 2 rings (SSSR count). The van der Waals surface area contributed by atoms with Gasteiger partial charge in [0.25, 0.3) is 11.8 Å². The van der Waals surface area contributed by atoms with E-state index in [9.17, 15) is 14.7 Å². The Kier molecular flexibility index (Phi) is 7.37. The van der Waals surface area contributed by atoms with Gasteiger partial charge in [-0.15, -0.1) is 0 Å². The second-order valence-electron chi connectivity index (χ2n) is 4.84. The van der Waals surface area contributed by atoms with Gasteiger partial charge in [0.2, 0.25) is 0 Å². The summed E-state index contributed by atoms with van der Waals surface area (Å²) in [7, 11) is 0. The van der Waals surface area contributed by atoms with E-state index in [4.69, 9.17) is 17.0 Å². The molecule has 2 aromatic carbocycles. The fourth-order valence-electron chi connectivity index (χ4n) is 1.78. The number of amides is 2. The highest BCUT2D eigenvalue weighted by atomic mass is 79.9. The number of rotatable bonds is 4. The van der Waals surface area contributed by atoms with Crippen LogP contribution in [0.15, 0.2) is 51.4 Å². The number of benzene rings is 2. The Balaban J connectivity index is 1.77. The molecule has 0 aliphatic rings. The lowest BCUT2D eigenvalue weighted by molar-refractivity contribution is -0.121. The minimum atomic E-state index is -0.602. The first-order valence-corrected chi connectivity index (χ1v) is 9.12. The van der Waals surface area contributed by atoms with Gasteiger partial charge in [0, 0.05) is 4.47 Å². The number of nitrogens with one attached hydrogen (secondary N) is 3. The lowest BCUT2D eigenvalue weighted by Gasteiger charge is -2.12. The predicted molar refractivity (Wildman–Crippen MR) is 107 cm³/mol. The second-order valence-corrected chi connectivity index (χ2v) is 7.02. The Labute approximate surface area is 171 Å². The Morgan fingerprint density at radius 2 is 1.85 bits per heavy atom. The molecule has 2 amide bonds. The molecule has 136 valence electrons. The van der Waals surface area contributed by atoms with Crippen molar-refractivity contribution in [3.05, 3.63) is 57.0 Å². The molecule has 0 saturated heterocycles. The molecule has 0 bridgehead atoms. The van der Waals surface area contributed by atoms with Gasteiger partial charge in [-0.05, 0) is 58.5 Å². The normalized spacial score (nSPS) is 9.92. The number of phenolic OH excluding ortho intramolecular Hbond substituents is 1. The average molecular weight is 503 g/mol. The maximum absolute atomic E-state index is 11.9. The minimum absolute atomic E-state index is 0.0672. The lowest BCUT2D eigenvalue weighted by atomic mass is 10.2.